The van der Waals surface area contributed by atoms with Crippen molar-refractivity contribution in [3.63, 3.8) is 0 Å². The molecule has 0 amide bonds. The van der Waals surface area contributed by atoms with Crippen LogP contribution in [0.25, 0.3) is 0 Å². The Bertz CT molecular complexity index is 361. The molecule has 0 nitrogen and oxygen atoms in total. The van der Waals surface area contributed by atoms with E-state index < -0.39 is 0 Å². The summed E-state index contributed by atoms with van der Waals surface area (Å²) in [7, 11) is 0. The molecule has 0 aliphatic rings. The summed E-state index contributed by atoms with van der Waals surface area (Å²) in [4.78, 5) is 0. The van der Waals surface area contributed by atoms with E-state index in [1.165, 1.54) is 11.1 Å². The Kier molecular flexibility index (Phi) is 3.77. The first-order valence-corrected chi connectivity index (χ1v) is 5.15. The highest BCUT2D eigenvalue weighted by Gasteiger charge is 1.94. The lowest BCUT2D eigenvalue weighted by atomic mass is 10.1. The van der Waals surface area contributed by atoms with Crippen LogP contribution in [0.5, 0.6) is 0 Å². The summed E-state index contributed by atoms with van der Waals surface area (Å²) < 4.78 is 0. The van der Waals surface area contributed by atoms with Crippen molar-refractivity contribution in [3.8, 4) is 11.8 Å². The maximum Gasteiger partial charge on any atom is 0.0274 e. The van der Waals surface area contributed by atoms with Gasteiger partial charge in [0.1, 0.15) is 0 Å². The molecule has 1 aromatic carbocycles. The van der Waals surface area contributed by atoms with E-state index in [2.05, 4.69) is 57.7 Å². The second kappa shape index (κ2) is 4.86. The molecular formula is C14H18. The minimum absolute atomic E-state index is 0.660. The van der Waals surface area contributed by atoms with Crippen LogP contribution in [0.3, 0.4) is 0 Å². The van der Waals surface area contributed by atoms with E-state index in [9.17, 15) is 0 Å². The van der Waals surface area contributed by atoms with Gasteiger partial charge in [-0.15, -0.1) is 0 Å². The van der Waals surface area contributed by atoms with Gasteiger partial charge < -0.3 is 0 Å². The zero-order valence-electron chi connectivity index (χ0n) is 9.52. The van der Waals surface area contributed by atoms with E-state index in [-0.39, 0.29) is 0 Å². The second-order valence-corrected chi connectivity index (χ2v) is 4.22. The van der Waals surface area contributed by atoms with Crippen molar-refractivity contribution in [1.29, 1.82) is 0 Å². The van der Waals surface area contributed by atoms with Crippen molar-refractivity contribution in [2.45, 2.75) is 34.1 Å². The van der Waals surface area contributed by atoms with Gasteiger partial charge >= 0.3 is 0 Å². The van der Waals surface area contributed by atoms with Crippen LogP contribution in [0.2, 0.25) is 0 Å². The Balaban J connectivity index is 2.80. The summed E-state index contributed by atoms with van der Waals surface area (Å²) in [5.74, 6) is 7.09. The van der Waals surface area contributed by atoms with Crippen LogP contribution < -0.4 is 0 Å². The van der Waals surface area contributed by atoms with E-state index in [0.29, 0.717) is 5.92 Å². The zero-order valence-corrected chi connectivity index (χ0v) is 9.52. The number of rotatable bonds is 1. The lowest BCUT2D eigenvalue weighted by Crippen LogP contribution is -1.85. The molecule has 74 valence electrons. The first kappa shape index (κ1) is 10.9. The van der Waals surface area contributed by atoms with E-state index in [1.807, 2.05) is 0 Å². The lowest BCUT2D eigenvalue weighted by molar-refractivity contribution is 0.676. The van der Waals surface area contributed by atoms with Crippen LogP contribution in [0.4, 0.5) is 0 Å². The molecule has 0 spiro atoms. The standard InChI is InChI=1S/C14H18/c1-11(2)6-5-7-14-9-8-12(3)10-13(14)4/h8-11H,6H2,1-4H3. The van der Waals surface area contributed by atoms with Gasteiger partial charge in [0.2, 0.25) is 0 Å². The number of benzene rings is 1. The number of hydrogen-bond donors (Lipinski definition) is 0. The van der Waals surface area contributed by atoms with E-state index in [1.54, 1.807) is 0 Å². The van der Waals surface area contributed by atoms with Crippen LogP contribution in [-0.4, -0.2) is 0 Å². The average molecular weight is 186 g/mol. The molecule has 0 atom stereocenters. The molecule has 0 radical (unpaired) electrons. The molecule has 14 heavy (non-hydrogen) atoms. The minimum Gasteiger partial charge on any atom is -0.0976 e. The molecule has 0 aromatic heterocycles. The normalized spacial score (nSPS) is 9.79. The van der Waals surface area contributed by atoms with E-state index in [4.69, 9.17) is 0 Å². The molecule has 0 heterocycles. The summed E-state index contributed by atoms with van der Waals surface area (Å²) in [6.45, 7) is 8.61. The molecule has 0 bridgehead atoms. The fourth-order valence-electron chi connectivity index (χ4n) is 1.30. The summed E-state index contributed by atoms with van der Waals surface area (Å²) in [6.07, 6.45) is 0.979. The predicted molar refractivity (Wildman–Crippen MR) is 62.2 cm³/mol. The van der Waals surface area contributed by atoms with Gasteiger partial charge in [-0.05, 0) is 31.4 Å². The van der Waals surface area contributed by atoms with Crippen molar-refractivity contribution < 1.29 is 0 Å². The average Bonchev–Trinajstić information content (AvgIpc) is 2.08. The van der Waals surface area contributed by atoms with Gasteiger partial charge in [0.05, 0.1) is 0 Å². The maximum atomic E-state index is 3.22. The van der Waals surface area contributed by atoms with Gasteiger partial charge in [-0.25, -0.2) is 0 Å². The summed E-state index contributed by atoms with van der Waals surface area (Å²) in [5.41, 5.74) is 3.74. The van der Waals surface area contributed by atoms with E-state index >= 15 is 0 Å². The third kappa shape index (κ3) is 3.26. The van der Waals surface area contributed by atoms with E-state index in [0.717, 1.165) is 12.0 Å². The lowest BCUT2D eigenvalue weighted by Gasteiger charge is -1.99. The van der Waals surface area contributed by atoms with Crippen LogP contribution in [-0.2, 0) is 0 Å². The number of hydrogen-bond acceptors (Lipinski definition) is 0. The molecule has 0 saturated heterocycles. The Labute approximate surface area is 87.4 Å². The maximum absolute atomic E-state index is 3.22. The molecule has 0 aliphatic heterocycles. The molecule has 0 aliphatic carbocycles. The molecule has 1 rings (SSSR count). The van der Waals surface area contributed by atoms with Crippen molar-refractivity contribution in [2.24, 2.45) is 5.92 Å². The van der Waals surface area contributed by atoms with Crippen LogP contribution in [0.15, 0.2) is 18.2 Å². The van der Waals surface area contributed by atoms with Crippen LogP contribution >= 0.6 is 0 Å². The predicted octanol–water partition coefficient (Wildman–Crippen LogP) is 3.70. The summed E-state index contributed by atoms with van der Waals surface area (Å²) >= 11 is 0. The Morgan fingerprint density at radius 1 is 1.21 bits per heavy atom. The number of aryl methyl sites for hydroxylation is 2. The topological polar surface area (TPSA) is 0 Å². The summed E-state index contributed by atoms with van der Waals surface area (Å²) in [6, 6.07) is 6.41. The zero-order chi connectivity index (χ0) is 10.6. The third-order valence-corrected chi connectivity index (χ3v) is 2.12. The molecular weight excluding hydrogens is 168 g/mol. The van der Waals surface area contributed by atoms with Crippen molar-refractivity contribution in [1.82, 2.24) is 0 Å². The molecule has 0 N–H and O–H groups in total. The van der Waals surface area contributed by atoms with Crippen molar-refractivity contribution in [3.05, 3.63) is 34.9 Å². The largest absolute Gasteiger partial charge is 0.0976 e. The van der Waals surface area contributed by atoms with Crippen LogP contribution in [0.1, 0.15) is 37.0 Å². The Hall–Kier alpha value is -1.22. The fraction of sp³-hybridized carbons (Fsp3) is 0.429. The SMILES string of the molecule is Cc1ccc(C#CCC(C)C)c(C)c1. The minimum atomic E-state index is 0.660. The highest BCUT2D eigenvalue weighted by atomic mass is 14.0. The molecule has 0 heteroatoms. The van der Waals surface area contributed by atoms with Gasteiger partial charge in [0, 0.05) is 12.0 Å². The monoisotopic (exact) mass is 186 g/mol. The Morgan fingerprint density at radius 2 is 1.93 bits per heavy atom. The fourth-order valence-corrected chi connectivity index (χ4v) is 1.30. The van der Waals surface area contributed by atoms with Crippen molar-refractivity contribution in [2.75, 3.05) is 0 Å². The third-order valence-electron chi connectivity index (χ3n) is 2.12. The second-order valence-electron chi connectivity index (χ2n) is 4.22. The highest BCUT2D eigenvalue weighted by molar-refractivity contribution is 5.42. The Morgan fingerprint density at radius 3 is 2.50 bits per heavy atom. The van der Waals surface area contributed by atoms with Gasteiger partial charge in [-0.1, -0.05) is 43.4 Å². The smallest absolute Gasteiger partial charge is 0.0274 e. The van der Waals surface area contributed by atoms with Gasteiger partial charge in [-0.2, -0.15) is 0 Å². The van der Waals surface area contributed by atoms with Gasteiger partial charge in [0.25, 0.3) is 0 Å². The molecule has 1 aromatic rings. The summed E-state index contributed by atoms with van der Waals surface area (Å²) in [5, 5.41) is 0. The van der Waals surface area contributed by atoms with Crippen LogP contribution in [0, 0.1) is 31.6 Å². The first-order chi connectivity index (χ1) is 6.59. The highest BCUT2D eigenvalue weighted by Crippen LogP contribution is 2.09. The van der Waals surface area contributed by atoms with Gasteiger partial charge in [0.15, 0.2) is 0 Å². The molecule has 0 fully saturated rings. The quantitative estimate of drug-likeness (QED) is 0.587. The first-order valence-electron chi connectivity index (χ1n) is 5.15. The van der Waals surface area contributed by atoms with Crippen molar-refractivity contribution >= 4 is 0 Å². The molecule has 0 saturated carbocycles. The van der Waals surface area contributed by atoms with Gasteiger partial charge in [-0.3, -0.25) is 0 Å². The molecule has 0 unspecified atom stereocenters.